The van der Waals surface area contributed by atoms with E-state index in [4.69, 9.17) is 0 Å². The zero-order valence-electron chi connectivity index (χ0n) is 8.94. The van der Waals surface area contributed by atoms with Crippen LogP contribution in [-0.4, -0.2) is 4.83 Å². The molecule has 80 valence electrons. The van der Waals surface area contributed by atoms with E-state index in [1.807, 2.05) is 0 Å². The van der Waals surface area contributed by atoms with Gasteiger partial charge in [-0.05, 0) is 23.1 Å². The third-order valence-electron chi connectivity index (χ3n) is 3.27. The summed E-state index contributed by atoms with van der Waals surface area (Å²) in [5, 5.41) is 0. The Morgan fingerprint density at radius 1 is 1.00 bits per heavy atom. The fourth-order valence-corrected chi connectivity index (χ4v) is 3.09. The third kappa shape index (κ3) is 1.60. The minimum Gasteiger partial charge on any atom is -0.0835 e. The molecule has 1 heteroatoms. The lowest BCUT2D eigenvalue weighted by molar-refractivity contribution is 0.964. The van der Waals surface area contributed by atoms with Crippen molar-refractivity contribution in [2.24, 2.45) is 0 Å². The van der Waals surface area contributed by atoms with Gasteiger partial charge in [-0.1, -0.05) is 70.6 Å². The van der Waals surface area contributed by atoms with Crippen LogP contribution in [0.3, 0.4) is 0 Å². The second-order valence-corrected chi connectivity index (χ2v) is 5.37. The van der Waals surface area contributed by atoms with Gasteiger partial charge in [0.2, 0.25) is 0 Å². The molecule has 0 saturated heterocycles. The van der Waals surface area contributed by atoms with Crippen molar-refractivity contribution in [3.05, 3.63) is 71.3 Å². The van der Waals surface area contributed by atoms with Crippen molar-refractivity contribution in [3.63, 3.8) is 0 Å². The highest BCUT2D eigenvalue weighted by Crippen LogP contribution is 2.40. The Balaban J connectivity index is 2.01. The van der Waals surface area contributed by atoms with Crippen molar-refractivity contribution < 1.29 is 0 Å². The molecule has 2 atom stereocenters. The first-order chi connectivity index (χ1) is 7.86. The molecule has 0 saturated carbocycles. The van der Waals surface area contributed by atoms with Gasteiger partial charge >= 0.3 is 0 Å². The van der Waals surface area contributed by atoms with E-state index in [1.165, 1.54) is 16.7 Å². The first-order valence-electron chi connectivity index (χ1n) is 5.64. The van der Waals surface area contributed by atoms with E-state index in [1.54, 1.807) is 0 Å². The van der Waals surface area contributed by atoms with Crippen molar-refractivity contribution in [1.29, 1.82) is 0 Å². The smallest absolute Gasteiger partial charge is 0.0432 e. The molecule has 0 heterocycles. The standard InChI is InChI=1S/C15H13Br/c16-15-8-4-7-13-12(9-10-14(13)15)11-5-2-1-3-6-11/h1-7,9-10,12,15H,8H2. The van der Waals surface area contributed by atoms with Crippen LogP contribution in [0.4, 0.5) is 0 Å². The van der Waals surface area contributed by atoms with E-state index in [2.05, 4.69) is 70.6 Å². The van der Waals surface area contributed by atoms with Gasteiger partial charge in [0, 0.05) is 10.7 Å². The Morgan fingerprint density at radius 2 is 1.81 bits per heavy atom. The van der Waals surface area contributed by atoms with Crippen molar-refractivity contribution in [3.8, 4) is 0 Å². The van der Waals surface area contributed by atoms with E-state index in [-0.39, 0.29) is 0 Å². The van der Waals surface area contributed by atoms with Crippen LogP contribution >= 0.6 is 15.9 Å². The summed E-state index contributed by atoms with van der Waals surface area (Å²) in [5.41, 5.74) is 4.30. The van der Waals surface area contributed by atoms with Crippen LogP contribution < -0.4 is 0 Å². The van der Waals surface area contributed by atoms with Gasteiger partial charge < -0.3 is 0 Å². The summed E-state index contributed by atoms with van der Waals surface area (Å²) in [6.45, 7) is 0. The Hall–Kier alpha value is -1.08. The molecule has 0 radical (unpaired) electrons. The summed E-state index contributed by atoms with van der Waals surface area (Å²) in [4.78, 5) is 0.498. The first kappa shape index (κ1) is 10.1. The molecule has 0 N–H and O–H groups in total. The molecule has 16 heavy (non-hydrogen) atoms. The highest BCUT2D eigenvalue weighted by Gasteiger charge is 2.25. The third-order valence-corrected chi connectivity index (χ3v) is 4.14. The topological polar surface area (TPSA) is 0 Å². The second kappa shape index (κ2) is 4.06. The van der Waals surface area contributed by atoms with Gasteiger partial charge in [0.25, 0.3) is 0 Å². The molecule has 1 aromatic carbocycles. The maximum Gasteiger partial charge on any atom is 0.0432 e. The van der Waals surface area contributed by atoms with Crippen LogP contribution in [0.15, 0.2) is 65.8 Å². The van der Waals surface area contributed by atoms with E-state index in [0.29, 0.717) is 10.7 Å². The molecule has 0 aliphatic heterocycles. The van der Waals surface area contributed by atoms with E-state index in [9.17, 15) is 0 Å². The van der Waals surface area contributed by atoms with Crippen LogP contribution in [-0.2, 0) is 0 Å². The number of hydrogen-bond acceptors (Lipinski definition) is 0. The van der Waals surface area contributed by atoms with Crippen molar-refractivity contribution in [2.45, 2.75) is 17.2 Å². The fraction of sp³-hybridized carbons (Fsp3) is 0.200. The van der Waals surface area contributed by atoms with E-state index >= 15 is 0 Å². The molecule has 0 spiro atoms. The van der Waals surface area contributed by atoms with Crippen molar-refractivity contribution in [2.75, 3.05) is 0 Å². The number of alkyl halides is 1. The molecule has 0 nitrogen and oxygen atoms in total. The SMILES string of the molecule is BrC1CC=CC2=C1C=CC2c1ccccc1. The Labute approximate surface area is 105 Å². The predicted molar refractivity (Wildman–Crippen MR) is 71.8 cm³/mol. The first-order valence-corrected chi connectivity index (χ1v) is 6.55. The summed E-state index contributed by atoms with van der Waals surface area (Å²) >= 11 is 3.73. The average Bonchev–Trinajstić information content (AvgIpc) is 2.75. The summed E-state index contributed by atoms with van der Waals surface area (Å²) in [6, 6.07) is 10.7. The Morgan fingerprint density at radius 3 is 2.62 bits per heavy atom. The number of hydrogen-bond donors (Lipinski definition) is 0. The lowest BCUT2D eigenvalue weighted by Crippen LogP contribution is -2.06. The number of allylic oxidation sites excluding steroid dienone is 6. The maximum atomic E-state index is 3.73. The fourth-order valence-electron chi connectivity index (χ4n) is 2.46. The van der Waals surface area contributed by atoms with Crippen LogP contribution in [0.2, 0.25) is 0 Å². The van der Waals surface area contributed by atoms with Gasteiger partial charge in [-0.3, -0.25) is 0 Å². The second-order valence-electron chi connectivity index (χ2n) is 4.26. The molecule has 1 aromatic rings. The lowest BCUT2D eigenvalue weighted by Gasteiger charge is -2.18. The van der Waals surface area contributed by atoms with E-state index < -0.39 is 0 Å². The van der Waals surface area contributed by atoms with Gasteiger partial charge in [-0.15, -0.1) is 0 Å². The molecule has 0 fully saturated rings. The zero-order valence-corrected chi connectivity index (χ0v) is 10.5. The molecular weight excluding hydrogens is 260 g/mol. The quantitative estimate of drug-likeness (QED) is 0.667. The summed E-state index contributed by atoms with van der Waals surface area (Å²) in [7, 11) is 0. The number of benzene rings is 1. The molecule has 0 bridgehead atoms. The van der Waals surface area contributed by atoms with Gasteiger partial charge in [-0.2, -0.15) is 0 Å². The largest absolute Gasteiger partial charge is 0.0835 e. The van der Waals surface area contributed by atoms with Crippen LogP contribution in [0.25, 0.3) is 0 Å². The van der Waals surface area contributed by atoms with Crippen LogP contribution in [0.5, 0.6) is 0 Å². The predicted octanol–water partition coefficient (Wildman–Crippen LogP) is 4.36. The minimum atomic E-state index is 0.452. The minimum absolute atomic E-state index is 0.452. The number of rotatable bonds is 1. The van der Waals surface area contributed by atoms with Crippen molar-refractivity contribution in [1.82, 2.24) is 0 Å². The molecule has 2 aliphatic carbocycles. The lowest BCUT2D eigenvalue weighted by atomic mass is 9.89. The summed E-state index contributed by atoms with van der Waals surface area (Å²) in [5.74, 6) is 0.452. The highest BCUT2D eigenvalue weighted by molar-refractivity contribution is 9.09. The Bertz CT molecular complexity index is 479. The molecular formula is C15H13Br. The molecule has 0 aromatic heterocycles. The number of halogens is 1. The highest BCUT2D eigenvalue weighted by atomic mass is 79.9. The average molecular weight is 273 g/mol. The monoisotopic (exact) mass is 272 g/mol. The van der Waals surface area contributed by atoms with Gasteiger partial charge in [0.05, 0.1) is 0 Å². The van der Waals surface area contributed by atoms with Crippen LogP contribution in [0, 0.1) is 0 Å². The van der Waals surface area contributed by atoms with Gasteiger partial charge in [0.1, 0.15) is 0 Å². The van der Waals surface area contributed by atoms with Gasteiger partial charge in [0.15, 0.2) is 0 Å². The molecule has 0 amide bonds. The van der Waals surface area contributed by atoms with Crippen molar-refractivity contribution >= 4 is 15.9 Å². The van der Waals surface area contributed by atoms with Crippen LogP contribution in [0.1, 0.15) is 17.9 Å². The maximum absolute atomic E-state index is 3.73. The molecule has 3 rings (SSSR count). The van der Waals surface area contributed by atoms with E-state index in [0.717, 1.165) is 6.42 Å². The normalized spacial score (nSPS) is 27.3. The Kier molecular flexibility index (Phi) is 2.56. The zero-order chi connectivity index (χ0) is 11.0. The summed E-state index contributed by atoms with van der Waals surface area (Å²) in [6.07, 6.45) is 10.2. The molecule has 2 aliphatic rings. The van der Waals surface area contributed by atoms with Gasteiger partial charge in [-0.25, -0.2) is 0 Å². The summed E-state index contributed by atoms with van der Waals surface area (Å²) < 4.78 is 0. The molecule has 2 unspecified atom stereocenters.